The number of benzene rings is 1. The maximum atomic E-state index is 12.1. The second-order valence-electron chi connectivity index (χ2n) is 5.08. The molecule has 21 heavy (non-hydrogen) atoms. The molecule has 1 aromatic carbocycles. The molecule has 2 aromatic rings. The molecule has 0 aliphatic carbocycles. The molecule has 0 aliphatic heterocycles. The summed E-state index contributed by atoms with van der Waals surface area (Å²) in [6, 6.07) is 14.0. The molecule has 2 N–H and O–H groups in total. The summed E-state index contributed by atoms with van der Waals surface area (Å²) < 4.78 is 0. The van der Waals surface area contributed by atoms with Crippen LogP contribution >= 0.6 is 0 Å². The van der Waals surface area contributed by atoms with Crippen molar-refractivity contribution in [2.75, 3.05) is 12.4 Å². The van der Waals surface area contributed by atoms with Gasteiger partial charge in [-0.15, -0.1) is 0 Å². The van der Waals surface area contributed by atoms with E-state index in [9.17, 15) is 4.79 Å². The van der Waals surface area contributed by atoms with Crippen LogP contribution < -0.4 is 10.6 Å². The Morgan fingerprint density at radius 3 is 2.71 bits per heavy atom. The molecule has 0 spiro atoms. The van der Waals surface area contributed by atoms with Crippen molar-refractivity contribution in [2.45, 2.75) is 25.8 Å². The maximum Gasteiger partial charge on any atom is 0.270 e. The molecule has 0 saturated carbocycles. The van der Waals surface area contributed by atoms with E-state index in [0.717, 1.165) is 18.5 Å². The fourth-order valence-corrected chi connectivity index (χ4v) is 2.11. The van der Waals surface area contributed by atoms with Gasteiger partial charge in [-0.3, -0.25) is 9.78 Å². The Labute approximate surface area is 125 Å². The first kappa shape index (κ1) is 15.0. The van der Waals surface area contributed by atoms with Gasteiger partial charge < -0.3 is 10.6 Å². The Balaban J connectivity index is 1.87. The van der Waals surface area contributed by atoms with Crippen LogP contribution in [0.15, 0.2) is 48.7 Å². The largest absolute Gasteiger partial charge is 0.388 e. The van der Waals surface area contributed by atoms with Crippen molar-refractivity contribution in [1.82, 2.24) is 10.3 Å². The number of amides is 1. The zero-order chi connectivity index (χ0) is 15.1. The number of hydrogen-bond acceptors (Lipinski definition) is 3. The maximum absolute atomic E-state index is 12.1. The average molecular weight is 283 g/mol. The molecule has 0 fully saturated rings. The van der Waals surface area contributed by atoms with E-state index in [2.05, 4.69) is 27.8 Å². The van der Waals surface area contributed by atoms with Crippen LogP contribution in [0.1, 0.15) is 29.4 Å². The number of aromatic nitrogens is 1. The van der Waals surface area contributed by atoms with Crippen LogP contribution in [0, 0.1) is 0 Å². The van der Waals surface area contributed by atoms with Gasteiger partial charge in [-0.2, -0.15) is 0 Å². The summed E-state index contributed by atoms with van der Waals surface area (Å²) in [5, 5.41) is 5.99. The fraction of sp³-hybridized carbons (Fsp3) is 0.294. The lowest BCUT2D eigenvalue weighted by Gasteiger charge is -2.14. The summed E-state index contributed by atoms with van der Waals surface area (Å²) in [7, 11) is 1.82. The zero-order valence-electron chi connectivity index (χ0n) is 12.5. The molecule has 1 amide bonds. The highest BCUT2D eigenvalue weighted by Crippen LogP contribution is 2.08. The predicted molar refractivity (Wildman–Crippen MR) is 85.5 cm³/mol. The molecule has 1 atom stereocenters. The van der Waals surface area contributed by atoms with Crippen LogP contribution in [-0.2, 0) is 6.42 Å². The topological polar surface area (TPSA) is 54.0 Å². The zero-order valence-corrected chi connectivity index (χ0v) is 12.5. The van der Waals surface area contributed by atoms with Gasteiger partial charge in [-0.05, 0) is 37.5 Å². The average Bonchev–Trinajstić information content (AvgIpc) is 2.54. The lowest BCUT2D eigenvalue weighted by atomic mass is 10.1. The van der Waals surface area contributed by atoms with E-state index >= 15 is 0 Å². The first-order valence-corrected chi connectivity index (χ1v) is 7.17. The first-order valence-electron chi connectivity index (χ1n) is 7.17. The van der Waals surface area contributed by atoms with E-state index in [-0.39, 0.29) is 11.9 Å². The second-order valence-corrected chi connectivity index (χ2v) is 5.08. The van der Waals surface area contributed by atoms with Gasteiger partial charge in [0, 0.05) is 25.0 Å². The van der Waals surface area contributed by atoms with Crippen molar-refractivity contribution in [3.8, 4) is 0 Å². The van der Waals surface area contributed by atoms with Gasteiger partial charge in [0.25, 0.3) is 5.91 Å². The normalized spacial score (nSPS) is 11.7. The van der Waals surface area contributed by atoms with Gasteiger partial charge in [0.15, 0.2) is 0 Å². The molecular weight excluding hydrogens is 262 g/mol. The third-order valence-corrected chi connectivity index (χ3v) is 3.37. The van der Waals surface area contributed by atoms with Gasteiger partial charge in [0.1, 0.15) is 5.69 Å². The smallest absolute Gasteiger partial charge is 0.270 e. The molecule has 0 aliphatic rings. The molecule has 1 aromatic heterocycles. The molecule has 1 heterocycles. The van der Waals surface area contributed by atoms with Gasteiger partial charge >= 0.3 is 0 Å². The molecule has 0 bridgehead atoms. The number of nitrogens with one attached hydrogen (secondary N) is 2. The van der Waals surface area contributed by atoms with Crippen LogP contribution in [0.2, 0.25) is 0 Å². The van der Waals surface area contributed by atoms with Crippen molar-refractivity contribution in [1.29, 1.82) is 0 Å². The molecule has 0 radical (unpaired) electrons. The number of rotatable bonds is 6. The second kappa shape index (κ2) is 7.43. The van der Waals surface area contributed by atoms with Crippen molar-refractivity contribution < 1.29 is 4.79 Å². The van der Waals surface area contributed by atoms with Gasteiger partial charge in [0.05, 0.1) is 0 Å². The molecule has 1 unspecified atom stereocenters. The van der Waals surface area contributed by atoms with Gasteiger partial charge in [-0.1, -0.05) is 30.3 Å². The summed E-state index contributed by atoms with van der Waals surface area (Å²) in [5.74, 6) is -0.132. The van der Waals surface area contributed by atoms with E-state index in [1.165, 1.54) is 5.56 Å². The highest BCUT2D eigenvalue weighted by atomic mass is 16.1. The monoisotopic (exact) mass is 283 g/mol. The third kappa shape index (κ3) is 4.60. The lowest BCUT2D eigenvalue weighted by Crippen LogP contribution is -2.33. The summed E-state index contributed by atoms with van der Waals surface area (Å²) in [6.45, 7) is 2.02. The van der Waals surface area contributed by atoms with Crippen LogP contribution in [0.3, 0.4) is 0 Å². The highest BCUT2D eigenvalue weighted by Gasteiger charge is 2.11. The number of carbonyl (C=O) groups is 1. The Hall–Kier alpha value is -2.36. The number of carbonyl (C=O) groups excluding carboxylic acids is 1. The van der Waals surface area contributed by atoms with E-state index < -0.39 is 0 Å². The Morgan fingerprint density at radius 1 is 1.24 bits per heavy atom. The van der Waals surface area contributed by atoms with E-state index in [4.69, 9.17) is 0 Å². The number of hydrogen-bond donors (Lipinski definition) is 2. The fourth-order valence-electron chi connectivity index (χ4n) is 2.11. The van der Waals surface area contributed by atoms with Crippen LogP contribution in [-0.4, -0.2) is 24.0 Å². The quantitative estimate of drug-likeness (QED) is 0.857. The molecule has 2 rings (SSSR count). The lowest BCUT2D eigenvalue weighted by molar-refractivity contribution is 0.0933. The Kier molecular flexibility index (Phi) is 5.32. The van der Waals surface area contributed by atoms with Gasteiger partial charge in [-0.25, -0.2) is 0 Å². The third-order valence-electron chi connectivity index (χ3n) is 3.37. The summed E-state index contributed by atoms with van der Waals surface area (Å²) in [4.78, 5) is 16.2. The predicted octanol–water partition coefficient (Wildman–Crippen LogP) is 2.87. The molecule has 4 heteroatoms. The van der Waals surface area contributed by atoms with Crippen molar-refractivity contribution in [3.63, 3.8) is 0 Å². The van der Waals surface area contributed by atoms with Crippen molar-refractivity contribution in [3.05, 3.63) is 59.9 Å². The van der Waals surface area contributed by atoms with E-state index in [1.54, 1.807) is 12.3 Å². The SMILES string of the molecule is CNc1ccnc(C(=O)NC(C)CCc2ccccc2)c1. The Bertz CT molecular complexity index is 584. The number of anilines is 1. The minimum atomic E-state index is -0.132. The van der Waals surface area contributed by atoms with Crippen LogP contribution in [0.25, 0.3) is 0 Å². The molecule has 0 saturated heterocycles. The van der Waals surface area contributed by atoms with E-state index in [1.807, 2.05) is 38.2 Å². The Morgan fingerprint density at radius 2 is 2.00 bits per heavy atom. The molecular formula is C17H21N3O. The minimum absolute atomic E-state index is 0.109. The highest BCUT2D eigenvalue weighted by molar-refractivity contribution is 5.93. The number of aryl methyl sites for hydroxylation is 1. The summed E-state index contributed by atoms with van der Waals surface area (Å²) in [6.07, 6.45) is 3.49. The molecule has 4 nitrogen and oxygen atoms in total. The number of nitrogens with zero attached hydrogens (tertiary/aromatic N) is 1. The minimum Gasteiger partial charge on any atom is -0.388 e. The molecule has 110 valence electrons. The van der Waals surface area contributed by atoms with Gasteiger partial charge in [0.2, 0.25) is 0 Å². The summed E-state index contributed by atoms with van der Waals surface area (Å²) in [5.41, 5.74) is 2.61. The standard InChI is InChI=1S/C17H21N3O/c1-13(8-9-14-6-4-3-5-7-14)20-17(21)16-12-15(18-2)10-11-19-16/h3-7,10-13H,8-9H2,1-2H3,(H,18,19)(H,20,21). The summed E-state index contributed by atoms with van der Waals surface area (Å²) >= 11 is 0. The first-order chi connectivity index (χ1) is 10.2. The number of pyridine rings is 1. The van der Waals surface area contributed by atoms with Crippen LogP contribution in [0.4, 0.5) is 5.69 Å². The van der Waals surface area contributed by atoms with E-state index in [0.29, 0.717) is 5.69 Å². The van der Waals surface area contributed by atoms with Crippen LogP contribution in [0.5, 0.6) is 0 Å². The van der Waals surface area contributed by atoms with Crippen molar-refractivity contribution in [2.24, 2.45) is 0 Å². The van der Waals surface area contributed by atoms with Crippen molar-refractivity contribution >= 4 is 11.6 Å².